The average molecular weight is 420 g/mol. The summed E-state index contributed by atoms with van der Waals surface area (Å²) in [6.07, 6.45) is 5.42. The Kier molecular flexibility index (Phi) is 3.75. The zero-order chi connectivity index (χ0) is 20.6. The number of ether oxygens (including phenoxy) is 1. The van der Waals surface area contributed by atoms with Gasteiger partial charge in [0.25, 0.3) is 0 Å². The van der Waals surface area contributed by atoms with Crippen LogP contribution in [0.3, 0.4) is 0 Å². The van der Waals surface area contributed by atoms with Gasteiger partial charge in [-0.15, -0.1) is 0 Å². The van der Waals surface area contributed by atoms with Gasteiger partial charge in [-0.25, -0.2) is 9.69 Å². The lowest BCUT2D eigenvalue weighted by Gasteiger charge is -2.37. The molecule has 2 aromatic carbocycles. The second kappa shape index (κ2) is 6.29. The van der Waals surface area contributed by atoms with Crippen molar-refractivity contribution in [2.45, 2.75) is 6.42 Å². The minimum atomic E-state index is -0.557. The average Bonchev–Trinajstić information content (AvgIpc) is 3.53. The van der Waals surface area contributed by atoms with Crippen molar-refractivity contribution in [3.8, 4) is 5.75 Å². The fraction of sp³-hybridized carbons (Fsp3) is 0.292. The lowest BCUT2D eigenvalue weighted by molar-refractivity contribution is -0.124. The molecule has 4 aliphatic carbocycles. The van der Waals surface area contributed by atoms with E-state index in [4.69, 9.17) is 16.3 Å². The van der Waals surface area contributed by atoms with Crippen LogP contribution in [0.1, 0.15) is 16.8 Å². The molecule has 0 radical (unpaired) electrons. The third kappa shape index (κ3) is 2.51. The number of esters is 1. The van der Waals surface area contributed by atoms with Gasteiger partial charge in [0.15, 0.2) is 0 Å². The predicted molar refractivity (Wildman–Crippen MR) is 110 cm³/mol. The number of allylic oxidation sites excluding steroid dienone is 2. The Bertz CT molecular complexity index is 1090. The number of hydrogen-bond acceptors (Lipinski definition) is 4. The summed E-state index contributed by atoms with van der Waals surface area (Å²) < 4.78 is 5.39. The molecule has 2 aromatic rings. The van der Waals surface area contributed by atoms with Crippen molar-refractivity contribution in [3.05, 3.63) is 71.3 Å². The maximum absolute atomic E-state index is 13.3. The Morgan fingerprint density at radius 1 is 0.933 bits per heavy atom. The number of carbonyl (C=O) groups is 3. The lowest BCUT2D eigenvalue weighted by Crippen LogP contribution is -2.40. The summed E-state index contributed by atoms with van der Waals surface area (Å²) in [7, 11) is 0. The first-order chi connectivity index (χ1) is 14.5. The minimum absolute atomic E-state index is 0.141. The van der Waals surface area contributed by atoms with Gasteiger partial charge in [0.1, 0.15) is 5.75 Å². The van der Waals surface area contributed by atoms with Crippen molar-refractivity contribution < 1.29 is 19.1 Å². The second-order valence-corrected chi connectivity index (χ2v) is 9.00. The first-order valence-corrected chi connectivity index (χ1v) is 10.5. The molecule has 6 atom stereocenters. The highest BCUT2D eigenvalue weighted by Crippen LogP contribution is 2.65. The molecule has 1 saturated heterocycles. The van der Waals surface area contributed by atoms with Gasteiger partial charge >= 0.3 is 5.97 Å². The van der Waals surface area contributed by atoms with Crippen LogP contribution in [0.5, 0.6) is 5.75 Å². The number of nitrogens with zero attached hydrogens (tertiary/aromatic N) is 1. The highest BCUT2D eigenvalue weighted by molar-refractivity contribution is 6.30. The number of benzene rings is 2. The van der Waals surface area contributed by atoms with E-state index in [0.29, 0.717) is 28.3 Å². The second-order valence-electron chi connectivity index (χ2n) is 8.56. The van der Waals surface area contributed by atoms with E-state index < -0.39 is 5.97 Å². The molecule has 3 fully saturated rings. The Morgan fingerprint density at radius 3 is 2.20 bits per heavy atom. The molecule has 150 valence electrons. The smallest absolute Gasteiger partial charge is 0.343 e. The van der Waals surface area contributed by atoms with Gasteiger partial charge in [-0.2, -0.15) is 0 Å². The monoisotopic (exact) mass is 419 g/mol. The Balaban J connectivity index is 1.28. The van der Waals surface area contributed by atoms with Crippen molar-refractivity contribution in [3.63, 3.8) is 0 Å². The summed E-state index contributed by atoms with van der Waals surface area (Å²) in [5, 5.41) is 0.547. The quantitative estimate of drug-likeness (QED) is 0.325. The third-order valence-corrected chi connectivity index (χ3v) is 7.28. The standard InChI is InChI=1S/C24H18ClNO4/c25-13-4-6-15(7-5-13)30-24(29)12-2-1-3-14(10-12)26-22(27)20-16-8-9-17(19-11-18(16)19)21(20)23(26)28/h1-10,16-21H,11H2/t16-,17-,18-,19+,20+,21+/m0/s1. The number of rotatable bonds is 3. The van der Waals surface area contributed by atoms with E-state index in [2.05, 4.69) is 12.2 Å². The van der Waals surface area contributed by atoms with E-state index >= 15 is 0 Å². The van der Waals surface area contributed by atoms with Crippen LogP contribution in [0, 0.1) is 35.5 Å². The highest BCUT2D eigenvalue weighted by Gasteiger charge is 2.67. The van der Waals surface area contributed by atoms with Crippen molar-refractivity contribution in [1.29, 1.82) is 0 Å². The van der Waals surface area contributed by atoms with Crippen LogP contribution in [0.25, 0.3) is 0 Å². The molecule has 5 nitrogen and oxygen atoms in total. The van der Waals surface area contributed by atoms with Gasteiger partial charge in [-0.3, -0.25) is 9.59 Å². The normalized spacial score (nSPS) is 32.8. The number of halogens is 1. The van der Waals surface area contributed by atoms with E-state index in [9.17, 15) is 14.4 Å². The van der Waals surface area contributed by atoms with E-state index in [0.717, 1.165) is 6.42 Å². The zero-order valence-electron chi connectivity index (χ0n) is 15.9. The van der Waals surface area contributed by atoms with Crippen molar-refractivity contribution in [2.24, 2.45) is 35.5 Å². The van der Waals surface area contributed by atoms with Gasteiger partial charge in [-0.1, -0.05) is 29.8 Å². The fourth-order valence-corrected chi connectivity index (χ4v) is 5.78. The largest absolute Gasteiger partial charge is 0.423 e. The predicted octanol–water partition coefficient (Wildman–Crippen LogP) is 4.12. The maximum Gasteiger partial charge on any atom is 0.343 e. The Hall–Kier alpha value is -2.92. The van der Waals surface area contributed by atoms with Crippen LogP contribution in [0.2, 0.25) is 5.02 Å². The number of imide groups is 1. The number of anilines is 1. The third-order valence-electron chi connectivity index (χ3n) is 7.03. The highest BCUT2D eigenvalue weighted by atomic mass is 35.5. The van der Waals surface area contributed by atoms with Gasteiger partial charge in [0, 0.05) is 5.02 Å². The molecule has 7 rings (SSSR count). The van der Waals surface area contributed by atoms with E-state index in [1.165, 1.54) is 4.90 Å². The van der Waals surface area contributed by atoms with Crippen LogP contribution < -0.4 is 9.64 Å². The molecule has 0 spiro atoms. The summed E-state index contributed by atoms with van der Waals surface area (Å²) in [4.78, 5) is 40.4. The summed E-state index contributed by atoms with van der Waals surface area (Å²) >= 11 is 5.86. The number of carbonyl (C=O) groups excluding carboxylic acids is 3. The molecule has 1 aliphatic heterocycles. The summed E-state index contributed by atoms with van der Waals surface area (Å²) in [6, 6.07) is 13.0. The van der Waals surface area contributed by atoms with E-state index in [-0.39, 0.29) is 41.0 Å². The number of amides is 2. The molecule has 0 aromatic heterocycles. The van der Waals surface area contributed by atoms with Crippen molar-refractivity contribution >= 4 is 35.1 Å². The van der Waals surface area contributed by atoms with Crippen LogP contribution in [0.15, 0.2) is 60.7 Å². The number of hydrogen-bond donors (Lipinski definition) is 0. The van der Waals surface area contributed by atoms with Crippen LogP contribution in [-0.4, -0.2) is 17.8 Å². The molecule has 2 bridgehead atoms. The molecule has 5 aliphatic rings. The first-order valence-electron chi connectivity index (χ1n) is 10.2. The molecule has 0 unspecified atom stereocenters. The van der Waals surface area contributed by atoms with Crippen LogP contribution >= 0.6 is 11.6 Å². The van der Waals surface area contributed by atoms with Crippen LogP contribution in [-0.2, 0) is 9.59 Å². The molecule has 1 heterocycles. The lowest BCUT2D eigenvalue weighted by atomic mass is 9.63. The SMILES string of the molecule is O=C(Oc1ccc(Cl)cc1)c1cccc(N2C(=O)[C@@H]3[C@H]4C=C[C@@H]([C@@H]5C[C@H]45)[C@H]3C2=O)c1. The molecule has 2 amide bonds. The van der Waals surface area contributed by atoms with E-state index in [1.54, 1.807) is 48.5 Å². The molecule has 6 heteroatoms. The van der Waals surface area contributed by atoms with Gasteiger partial charge in [-0.05, 0) is 72.6 Å². The molecule has 0 N–H and O–H groups in total. The Morgan fingerprint density at radius 2 is 1.57 bits per heavy atom. The molecular weight excluding hydrogens is 402 g/mol. The summed E-state index contributed by atoms with van der Waals surface area (Å²) in [6.45, 7) is 0. The van der Waals surface area contributed by atoms with Gasteiger partial charge < -0.3 is 4.74 Å². The van der Waals surface area contributed by atoms with Gasteiger partial charge in [0.2, 0.25) is 11.8 Å². The van der Waals surface area contributed by atoms with E-state index in [1.807, 2.05) is 0 Å². The molecular formula is C24H18ClNO4. The van der Waals surface area contributed by atoms with Crippen LogP contribution in [0.4, 0.5) is 5.69 Å². The molecule has 30 heavy (non-hydrogen) atoms. The molecule has 2 saturated carbocycles. The topological polar surface area (TPSA) is 63.7 Å². The van der Waals surface area contributed by atoms with Gasteiger partial charge in [0.05, 0.1) is 23.1 Å². The first kappa shape index (κ1) is 17.9. The summed E-state index contributed by atoms with van der Waals surface area (Å²) in [5.41, 5.74) is 0.708. The summed E-state index contributed by atoms with van der Waals surface area (Å²) in [5.74, 6) is 0.457. The minimum Gasteiger partial charge on any atom is -0.423 e. The van der Waals surface area contributed by atoms with Crippen molar-refractivity contribution in [2.75, 3.05) is 4.90 Å². The van der Waals surface area contributed by atoms with Crippen molar-refractivity contribution in [1.82, 2.24) is 0 Å². The maximum atomic E-state index is 13.3. The Labute approximate surface area is 178 Å². The fourth-order valence-electron chi connectivity index (χ4n) is 5.65. The zero-order valence-corrected chi connectivity index (χ0v) is 16.7.